The molecule has 0 aliphatic carbocycles. The lowest BCUT2D eigenvalue weighted by molar-refractivity contribution is 0.0398. The fraction of sp³-hybridized carbons (Fsp3) is 0.368. The van der Waals surface area contributed by atoms with E-state index in [1.165, 1.54) is 0 Å². The highest BCUT2D eigenvalue weighted by atomic mass is 16.5. The fourth-order valence-electron chi connectivity index (χ4n) is 2.71. The zero-order chi connectivity index (χ0) is 18.2. The van der Waals surface area contributed by atoms with Gasteiger partial charge in [-0.2, -0.15) is 0 Å². The molecule has 1 saturated heterocycles. The third kappa shape index (κ3) is 5.18. The van der Waals surface area contributed by atoms with Gasteiger partial charge in [0.15, 0.2) is 0 Å². The van der Waals surface area contributed by atoms with Crippen LogP contribution in [0.2, 0.25) is 0 Å². The molecule has 2 heterocycles. The Balaban J connectivity index is 1.48. The lowest BCUT2D eigenvalue weighted by atomic mass is 10.2. The second-order valence-electron chi connectivity index (χ2n) is 6.00. The van der Waals surface area contributed by atoms with Gasteiger partial charge in [0.1, 0.15) is 11.6 Å². The molecule has 138 valence electrons. The van der Waals surface area contributed by atoms with E-state index in [2.05, 4.69) is 20.5 Å². The summed E-state index contributed by atoms with van der Waals surface area (Å²) >= 11 is 0. The molecule has 2 aromatic rings. The molecule has 1 aromatic heterocycles. The normalized spacial score (nSPS) is 14.7. The number of amides is 1. The van der Waals surface area contributed by atoms with E-state index in [0.29, 0.717) is 17.1 Å². The first-order valence-corrected chi connectivity index (χ1v) is 8.70. The molecule has 3 rings (SSSR count). The number of hydrogen-bond acceptors (Lipinski definition) is 6. The summed E-state index contributed by atoms with van der Waals surface area (Å²) in [5.41, 5.74) is 1.46. The number of rotatable bonds is 7. The van der Waals surface area contributed by atoms with Crippen LogP contribution in [-0.2, 0) is 4.74 Å². The van der Waals surface area contributed by atoms with E-state index in [4.69, 9.17) is 9.47 Å². The maximum absolute atomic E-state index is 12.3. The molecule has 0 unspecified atom stereocenters. The van der Waals surface area contributed by atoms with Gasteiger partial charge in [-0.15, -0.1) is 0 Å². The molecule has 1 aliphatic rings. The van der Waals surface area contributed by atoms with Gasteiger partial charge in [-0.1, -0.05) is 6.07 Å². The Morgan fingerprint density at radius 1 is 1.27 bits per heavy atom. The predicted molar refractivity (Wildman–Crippen MR) is 101 cm³/mol. The number of nitrogens with zero attached hydrogens (tertiary/aromatic N) is 2. The third-order valence-electron chi connectivity index (χ3n) is 4.20. The summed E-state index contributed by atoms with van der Waals surface area (Å²) < 4.78 is 10.5. The Bertz CT molecular complexity index is 715. The van der Waals surface area contributed by atoms with Crippen molar-refractivity contribution in [2.75, 3.05) is 57.1 Å². The van der Waals surface area contributed by atoms with Crippen molar-refractivity contribution in [1.82, 2.24) is 9.88 Å². The number of hydrogen-bond donors (Lipinski definition) is 2. The summed E-state index contributed by atoms with van der Waals surface area (Å²) in [6, 6.07) is 10.7. The molecule has 26 heavy (non-hydrogen) atoms. The summed E-state index contributed by atoms with van der Waals surface area (Å²) in [5.74, 6) is 0.936. The summed E-state index contributed by atoms with van der Waals surface area (Å²) in [4.78, 5) is 18.9. The summed E-state index contributed by atoms with van der Waals surface area (Å²) in [5, 5.41) is 6.13. The van der Waals surface area contributed by atoms with Crippen LogP contribution in [0.1, 0.15) is 10.4 Å². The summed E-state index contributed by atoms with van der Waals surface area (Å²) in [7, 11) is 1.57. The lowest BCUT2D eigenvalue weighted by Crippen LogP contribution is -2.39. The van der Waals surface area contributed by atoms with Crippen LogP contribution in [0.25, 0.3) is 0 Å². The SMILES string of the molecule is COc1cccc(C(=O)Nc2ccc(NCCN3CCOCC3)cn2)c1. The molecule has 7 heteroatoms. The number of pyridine rings is 1. The van der Waals surface area contributed by atoms with Gasteiger partial charge in [0.2, 0.25) is 0 Å². The van der Waals surface area contributed by atoms with Crippen molar-refractivity contribution in [3.05, 3.63) is 48.2 Å². The van der Waals surface area contributed by atoms with Crippen molar-refractivity contribution in [2.45, 2.75) is 0 Å². The summed E-state index contributed by atoms with van der Waals surface area (Å²) in [6.07, 6.45) is 1.72. The van der Waals surface area contributed by atoms with Gasteiger partial charge < -0.3 is 20.1 Å². The largest absolute Gasteiger partial charge is 0.497 e. The molecule has 1 aliphatic heterocycles. The molecule has 0 spiro atoms. The topological polar surface area (TPSA) is 75.7 Å². The quantitative estimate of drug-likeness (QED) is 0.791. The number of carbonyl (C=O) groups is 1. The Kier molecular flexibility index (Phi) is 6.40. The number of anilines is 2. The second kappa shape index (κ2) is 9.17. The van der Waals surface area contributed by atoms with Crippen LogP contribution in [0.3, 0.4) is 0 Å². The fourth-order valence-corrected chi connectivity index (χ4v) is 2.71. The van der Waals surface area contributed by atoms with Crippen molar-refractivity contribution in [3.8, 4) is 5.75 Å². The number of methoxy groups -OCH3 is 1. The Morgan fingerprint density at radius 2 is 2.12 bits per heavy atom. The molecule has 1 aromatic carbocycles. The van der Waals surface area contributed by atoms with Gasteiger partial charge >= 0.3 is 0 Å². The molecule has 0 atom stereocenters. The van der Waals surface area contributed by atoms with Gasteiger partial charge in [-0.05, 0) is 30.3 Å². The zero-order valence-electron chi connectivity index (χ0n) is 14.9. The van der Waals surface area contributed by atoms with E-state index in [-0.39, 0.29) is 5.91 Å². The second-order valence-corrected chi connectivity index (χ2v) is 6.00. The van der Waals surface area contributed by atoms with Crippen molar-refractivity contribution in [2.24, 2.45) is 0 Å². The van der Waals surface area contributed by atoms with Crippen LogP contribution in [0.15, 0.2) is 42.6 Å². The van der Waals surface area contributed by atoms with Gasteiger partial charge in [-0.25, -0.2) is 4.98 Å². The minimum Gasteiger partial charge on any atom is -0.497 e. The first-order chi connectivity index (χ1) is 12.7. The smallest absolute Gasteiger partial charge is 0.256 e. The Hall–Kier alpha value is -2.64. The highest BCUT2D eigenvalue weighted by Crippen LogP contribution is 2.15. The monoisotopic (exact) mass is 356 g/mol. The first kappa shape index (κ1) is 18.2. The van der Waals surface area contributed by atoms with Crippen molar-refractivity contribution < 1.29 is 14.3 Å². The van der Waals surface area contributed by atoms with Crippen LogP contribution in [0.5, 0.6) is 5.75 Å². The molecule has 1 fully saturated rings. The van der Waals surface area contributed by atoms with Crippen molar-refractivity contribution in [1.29, 1.82) is 0 Å². The Morgan fingerprint density at radius 3 is 2.85 bits per heavy atom. The lowest BCUT2D eigenvalue weighted by Gasteiger charge is -2.26. The van der Waals surface area contributed by atoms with Gasteiger partial charge in [0, 0.05) is 31.7 Å². The van der Waals surface area contributed by atoms with Gasteiger partial charge in [-0.3, -0.25) is 9.69 Å². The van der Waals surface area contributed by atoms with Gasteiger partial charge in [0.25, 0.3) is 5.91 Å². The number of ether oxygens (including phenoxy) is 2. The predicted octanol–water partition coefficient (Wildman–Crippen LogP) is 2.09. The highest BCUT2D eigenvalue weighted by Gasteiger charge is 2.10. The van der Waals surface area contributed by atoms with Crippen LogP contribution in [0, 0.1) is 0 Å². The Labute approximate surface area is 153 Å². The van der Waals surface area contributed by atoms with E-state index in [1.807, 2.05) is 6.07 Å². The van der Waals surface area contributed by atoms with E-state index < -0.39 is 0 Å². The summed E-state index contributed by atoms with van der Waals surface area (Å²) in [6.45, 7) is 5.39. The molecular formula is C19H24N4O3. The van der Waals surface area contributed by atoms with Crippen molar-refractivity contribution >= 4 is 17.4 Å². The molecule has 2 N–H and O–H groups in total. The highest BCUT2D eigenvalue weighted by molar-refractivity contribution is 6.04. The molecular weight excluding hydrogens is 332 g/mol. The van der Waals surface area contributed by atoms with E-state index in [1.54, 1.807) is 43.6 Å². The van der Waals surface area contributed by atoms with Crippen LogP contribution in [0.4, 0.5) is 11.5 Å². The van der Waals surface area contributed by atoms with Crippen LogP contribution >= 0.6 is 0 Å². The average Bonchev–Trinajstić information content (AvgIpc) is 2.70. The molecule has 0 radical (unpaired) electrons. The number of nitrogens with one attached hydrogen (secondary N) is 2. The number of carbonyl (C=O) groups excluding carboxylic acids is 1. The maximum atomic E-state index is 12.3. The minimum absolute atomic E-state index is 0.218. The minimum atomic E-state index is -0.218. The molecule has 1 amide bonds. The van der Waals surface area contributed by atoms with Crippen LogP contribution < -0.4 is 15.4 Å². The third-order valence-corrected chi connectivity index (χ3v) is 4.20. The first-order valence-electron chi connectivity index (χ1n) is 8.70. The molecule has 0 bridgehead atoms. The van der Waals surface area contributed by atoms with E-state index in [0.717, 1.165) is 45.1 Å². The average molecular weight is 356 g/mol. The zero-order valence-corrected chi connectivity index (χ0v) is 14.9. The number of aromatic nitrogens is 1. The van der Waals surface area contributed by atoms with E-state index >= 15 is 0 Å². The standard InChI is InChI=1S/C19H24N4O3/c1-25-17-4-2-3-15(13-17)19(24)22-18-6-5-16(14-21-18)20-7-8-23-9-11-26-12-10-23/h2-6,13-14,20H,7-12H2,1H3,(H,21,22,24). The molecule has 0 saturated carbocycles. The maximum Gasteiger partial charge on any atom is 0.256 e. The van der Waals surface area contributed by atoms with Crippen molar-refractivity contribution in [3.63, 3.8) is 0 Å². The van der Waals surface area contributed by atoms with Crippen LogP contribution in [-0.4, -0.2) is 62.3 Å². The van der Waals surface area contributed by atoms with Gasteiger partial charge in [0.05, 0.1) is 32.2 Å². The molecule has 7 nitrogen and oxygen atoms in total. The number of morpholine rings is 1. The van der Waals surface area contributed by atoms with E-state index in [9.17, 15) is 4.79 Å². The number of benzene rings is 1.